The van der Waals surface area contributed by atoms with Crippen LogP contribution in [-0.4, -0.2) is 39.5 Å². The van der Waals surface area contributed by atoms with Crippen LogP contribution >= 0.6 is 11.8 Å². The molecule has 2 aromatic rings. The lowest BCUT2D eigenvalue weighted by Crippen LogP contribution is -2.47. The molecule has 1 aliphatic heterocycles. The summed E-state index contributed by atoms with van der Waals surface area (Å²) in [6.07, 6.45) is 0. The normalized spacial score (nSPS) is 17.9. The molecular weight excluding hydrogens is 424 g/mol. The fraction of sp³-hybridized carbons (Fsp3) is 0.250. The Kier molecular flexibility index (Phi) is 6.75. The summed E-state index contributed by atoms with van der Waals surface area (Å²) in [6, 6.07) is 12.4. The summed E-state index contributed by atoms with van der Waals surface area (Å²) in [7, 11) is 0. The molecule has 1 aliphatic rings. The van der Waals surface area contributed by atoms with Gasteiger partial charge in [0.05, 0.1) is 10.2 Å². The van der Waals surface area contributed by atoms with E-state index in [4.69, 9.17) is 4.74 Å². The number of amides is 3. The fourth-order valence-corrected chi connectivity index (χ4v) is 4.11. The van der Waals surface area contributed by atoms with E-state index in [2.05, 4.69) is 10.7 Å². The van der Waals surface area contributed by atoms with Crippen LogP contribution in [0.25, 0.3) is 0 Å². The van der Waals surface area contributed by atoms with E-state index in [-0.39, 0.29) is 24.1 Å². The highest BCUT2D eigenvalue weighted by atomic mass is 32.2. The minimum atomic E-state index is -0.594. The number of hydrogen-bond donors (Lipinski definition) is 2. The number of non-ortho nitro benzene ring substituents is 1. The molecule has 2 aromatic carbocycles. The summed E-state index contributed by atoms with van der Waals surface area (Å²) in [5.41, 5.74) is 3.57. The number of nitro groups is 1. The van der Waals surface area contributed by atoms with E-state index in [9.17, 15) is 24.5 Å². The van der Waals surface area contributed by atoms with Gasteiger partial charge in [-0.15, -0.1) is 11.8 Å². The summed E-state index contributed by atoms with van der Waals surface area (Å²) in [4.78, 5) is 46.5. The van der Waals surface area contributed by atoms with E-state index in [1.54, 1.807) is 37.3 Å². The minimum Gasteiger partial charge on any atom is -0.484 e. The molecule has 3 rings (SSSR count). The summed E-state index contributed by atoms with van der Waals surface area (Å²) >= 11 is 1.28. The van der Waals surface area contributed by atoms with Crippen molar-refractivity contribution in [2.24, 2.45) is 0 Å². The largest absolute Gasteiger partial charge is 0.484 e. The van der Waals surface area contributed by atoms with Gasteiger partial charge in [0.2, 0.25) is 5.91 Å². The predicted molar refractivity (Wildman–Crippen MR) is 114 cm³/mol. The molecule has 11 heteroatoms. The lowest BCUT2D eigenvalue weighted by atomic mass is 10.2. The van der Waals surface area contributed by atoms with Crippen molar-refractivity contribution >= 4 is 40.9 Å². The molecule has 1 saturated heterocycles. The Balaban J connectivity index is 1.64. The smallest absolute Gasteiger partial charge is 0.276 e. The first-order chi connectivity index (χ1) is 14.7. The number of carbonyl (C=O) groups excluding carboxylic acids is 3. The number of ether oxygens (including phenoxy) is 1. The topological polar surface area (TPSA) is 131 Å². The molecular formula is C20H20N4O6S. The first-order valence-electron chi connectivity index (χ1n) is 9.27. The Morgan fingerprint density at radius 1 is 1.23 bits per heavy atom. The standard InChI is InChI=1S/C20H20N4O6S/c1-12-19(27)23(20(31-12)14-4-3-5-16(10-14)24(28)29)22-18(26)11-30-17-8-6-15(7-9-17)21-13(2)25/h3-10,12,20H,11H2,1-2H3,(H,21,25)(H,22,26). The minimum absolute atomic E-state index is 0.0950. The van der Waals surface area contributed by atoms with Gasteiger partial charge in [0.15, 0.2) is 6.61 Å². The third-order valence-electron chi connectivity index (χ3n) is 4.31. The van der Waals surface area contributed by atoms with E-state index in [0.717, 1.165) is 0 Å². The van der Waals surface area contributed by atoms with Crippen molar-refractivity contribution in [3.63, 3.8) is 0 Å². The van der Waals surface area contributed by atoms with E-state index in [1.807, 2.05) is 0 Å². The van der Waals surface area contributed by atoms with Crippen LogP contribution in [0.15, 0.2) is 48.5 Å². The van der Waals surface area contributed by atoms with Crippen LogP contribution in [0.4, 0.5) is 11.4 Å². The van der Waals surface area contributed by atoms with Crippen molar-refractivity contribution in [1.82, 2.24) is 10.4 Å². The summed E-state index contributed by atoms with van der Waals surface area (Å²) in [6.45, 7) is 2.76. The third kappa shape index (κ3) is 5.51. The van der Waals surface area contributed by atoms with Gasteiger partial charge in [-0.2, -0.15) is 0 Å². The SMILES string of the molecule is CC(=O)Nc1ccc(OCC(=O)NN2C(=O)C(C)SC2c2cccc([N+](=O)[O-])c2)cc1. The van der Waals surface area contributed by atoms with E-state index < -0.39 is 21.5 Å². The highest BCUT2D eigenvalue weighted by molar-refractivity contribution is 8.01. The molecule has 0 saturated carbocycles. The van der Waals surface area contributed by atoms with Crippen LogP contribution in [0.3, 0.4) is 0 Å². The number of rotatable bonds is 7. The van der Waals surface area contributed by atoms with Gasteiger partial charge in [0.1, 0.15) is 11.1 Å². The second kappa shape index (κ2) is 9.47. The first-order valence-corrected chi connectivity index (χ1v) is 10.2. The molecule has 31 heavy (non-hydrogen) atoms. The van der Waals surface area contributed by atoms with E-state index >= 15 is 0 Å². The van der Waals surface area contributed by atoms with E-state index in [1.165, 1.54) is 41.9 Å². The number of nitro benzene ring substituents is 1. The van der Waals surface area contributed by atoms with Crippen LogP contribution in [0.2, 0.25) is 0 Å². The zero-order valence-corrected chi connectivity index (χ0v) is 17.5. The molecule has 1 fully saturated rings. The van der Waals surface area contributed by atoms with Gasteiger partial charge in [0.25, 0.3) is 17.5 Å². The molecule has 0 spiro atoms. The van der Waals surface area contributed by atoms with Crippen LogP contribution < -0.4 is 15.5 Å². The molecule has 162 valence electrons. The maximum atomic E-state index is 12.5. The van der Waals surface area contributed by atoms with Gasteiger partial charge in [-0.3, -0.25) is 29.9 Å². The van der Waals surface area contributed by atoms with Gasteiger partial charge in [-0.1, -0.05) is 12.1 Å². The molecule has 0 aromatic heterocycles. The summed E-state index contributed by atoms with van der Waals surface area (Å²) < 4.78 is 5.43. The second-order valence-electron chi connectivity index (χ2n) is 6.72. The number of nitrogens with one attached hydrogen (secondary N) is 2. The summed E-state index contributed by atoms with van der Waals surface area (Å²) in [5, 5.41) is 13.8. The van der Waals surface area contributed by atoms with Crippen LogP contribution in [0, 0.1) is 10.1 Å². The van der Waals surface area contributed by atoms with Gasteiger partial charge in [0, 0.05) is 24.7 Å². The number of carbonyl (C=O) groups is 3. The maximum absolute atomic E-state index is 12.5. The molecule has 2 unspecified atom stereocenters. The Morgan fingerprint density at radius 3 is 2.58 bits per heavy atom. The number of nitrogens with zero attached hydrogens (tertiary/aromatic N) is 2. The quantitative estimate of drug-likeness (QED) is 0.496. The number of thioether (sulfide) groups is 1. The first kappa shape index (κ1) is 22.1. The molecule has 10 nitrogen and oxygen atoms in total. The van der Waals surface area contributed by atoms with Crippen molar-refractivity contribution in [3.05, 3.63) is 64.2 Å². The third-order valence-corrected chi connectivity index (χ3v) is 5.66. The predicted octanol–water partition coefficient (Wildman–Crippen LogP) is 2.63. The van der Waals surface area contributed by atoms with Crippen LogP contribution in [-0.2, 0) is 14.4 Å². The number of hydrazine groups is 1. The zero-order valence-electron chi connectivity index (χ0n) is 16.7. The zero-order chi connectivity index (χ0) is 22.5. The molecule has 0 aliphatic carbocycles. The number of anilines is 1. The van der Waals surface area contributed by atoms with Crippen LogP contribution in [0.5, 0.6) is 5.75 Å². The van der Waals surface area contributed by atoms with Gasteiger partial charge in [-0.25, -0.2) is 5.01 Å². The molecule has 0 radical (unpaired) electrons. The van der Waals surface area contributed by atoms with Crippen molar-refractivity contribution in [1.29, 1.82) is 0 Å². The number of benzene rings is 2. The highest BCUT2D eigenvalue weighted by Crippen LogP contribution is 2.42. The Hall–Kier alpha value is -3.60. The maximum Gasteiger partial charge on any atom is 0.276 e. The lowest BCUT2D eigenvalue weighted by Gasteiger charge is -2.24. The van der Waals surface area contributed by atoms with E-state index in [0.29, 0.717) is 17.0 Å². The van der Waals surface area contributed by atoms with Crippen molar-refractivity contribution in [3.8, 4) is 5.75 Å². The highest BCUT2D eigenvalue weighted by Gasteiger charge is 2.40. The van der Waals surface area contributed by atoms with Crippen molar-refractivity contribution in [2.45, 2.75) is 24.5 Å². The average molecular weight is 444 g/mol. The molecule has 1 heterocycles. The van der Waals surface area contributed by atoms with Gasteiger partial charge < -0.3 is 10.1 Å². The monoisotopic (exact) mass is 444 g/mol. The fourth-order valence-electron chi connectivity index (χ4n) is 2.91. The van der Waals surface area contributed by atoms with Crippen LogP contribution in [0.1, 0.15) is 24.8 Å². The Labute approximate surface area is 182 Å². The molecule has 3 amide bonds. The molecule has 2 atom stereocenters. The summed E-state index contributed by atoms with van der Waals surface area (Å²) in [5.74, 6) is -0.650. The Bertz CT molecular complexity index is 1010. The Morgan fingerprint density at radius 2 is 1.94 bits per heavy atom. The lowest BCUT2D eigenvalue weighted by molar-refractivity contribution is -0.384. The second-order valence-corrected chi connectivity index (χ2v) is 8.15. The average Bonchev–Trinajstić information content (AvgIpc) is 3.01. The number of hydrogen-bond acceptors (Lipinski definition) is 7. The molecule has 0 bridgehead atoms. The van der Waals surface area contributed by atoms with Crippen molar-refractivity contribution in [2.75, 3.05) is 11.9 Å². The van der Waals surface area contributed by atoms with Crippen molar-refractivity contribution < 1.29 is 24.0 Å². The van der Waals surface area contributed by atoms with Gasteiger partial charge in [-0.05, 0) is 36.8 Å². The molecule has 2 N–H and O–H groups in total. The van der Waals surface area contributed by atoms with Gasteiger partial charge >= 0.3 is 0 Å².